The van der Waals surface area contributed by atoms with Gasteiger partial charge in [-0.2, -0.15) is 0 Å². The summed E-state index contributed by atoms with van der Waals surface area (Å²) in [6.45, 7) is 2.20. The van der Waals surface area contributed by atoms with E-state index in [-0.39, 0.29) is 11.3 Å². The number of fused-ring (bicyclic) bond motifs is 4. The van der Waals surface area contributed by atoms with E-state index < -0.39 is 6.10 Å². The maximum atomic E-state index is 12.9. The van der Waals surface area contributed by atoms with Gasteiger partial charge in [0.05, 0.1) is 24.3 Å². The van der Waals surface area contributed by atoms with Gasteiger partial charge in [-0.25, -0.2) is 0 Å². The largest absolute Gasteiger partial charge is 0.504 e. The Labute approximate surface area is 144 Å². The van der Waals surface area contributed by atoms with Crippen molar-refractivity contribution in [3.63, 3.8) is 0 Å². The van der Waals surface area contributed by atoms with Crippen LogP contribution >= 0.6 is 0 Å². The SMILES string of the molecule is COc1cc2c(cc1O)-c1cc3c([C@@H](C)O)cncc3c(=O)n1CC2. The minimum Gasteiger partial charge on any atom is -0.504 e. The van der Waals surface area contributed by atoms with Crippen LogP contribution in [0.4, 0.5) is 0 Å². The fourth-order valence-corrected chi connectivity index (χ4v) is 3.52. The zero-order chi connectivity index (χ0) is 17.7. The number of aliphatic hydroxyl groups excluding tert-OH is 1. The minimum atomic E-state index is -0.731. The Bertz CT molecular complexity index is 1050. The number of hydrogen-bond donors (Lipinski definition) is 2. The molecule has 1 aliphatic rings. The van der Waals surface area contributed by atoms with Gasteiger partial charge in [0.1, 0.15) is 0 Å². The average Bonchev–Trinajstić information content (AvgIpc) is 2.61. The van der Waals surface area contributed by atoms with Crippen molar-refractivity contribution in [1.82, 2.24) is 9.55 Å². The zero-order valence-corrected chi connectivity index (χ0v) is 14.0. The van der Waals surface area contributed by atoms with Gasteiger partial charge >= 0.3 is 0 Å². The fourth-order valence-electron chi connectivity index (χ4n) is 3.52. The Morgan fingerprint density at radius 1 is 1.24 bits per heavy atom. The van der Waals surface area contributed by atoms with Crippen molar-refractivity contribution >= 4 is 10.8 Å². The van der Waals surface area contributed by atoms with E-state index in [1.165, 1.54) is 13.3 Å². The summed E-state index contributed by atoms with van der Waals surface area (Å²) >= 11 is 0. The molecular weight excluding hydrogens is 320 g/mol. The Morgan fingerprint density at radius 2 is 2.04 bits per heavy atom. The smallest absolute Gasteiger partial charge is 0.260 e. The molecule has 3 aromatic rings. The zero-order valence-electron chi connectivity index (χ0n) is 14.0. The highest BCUT2D eigenvalue weighted by molar-refractivity contribution is 5.88. The van der Waals surface area contributed by atoms with E-state index in [1.807, 2.05) is 12.1 Å². The molecule has 128 valence electrons. The van der Waals surface area contributed by atoms with E-state index in [4.69, 9.17) is 4.74 Å². The number of aryl methyl sites for hydroxylation is 1. The first kappa shape index (κ1) is 15.7. The van der Waals surface area contributed by atoms with Crippen LogP contribution in [0, 0.1) is 0 Å². The van der Waals surface area contributed by atoms with Crippen LogP contribution in [0.1, 0.15) is 24.2 Å². The van der Waals surface area contributed by atoms with E-state index in [2.05, 4.69) is 4.98 Å². The molecule has 0 saturated carbocycles. The summed E-state index contributed by atoms with van der Waals surface area (Å²) < 4.78 is 6.88. The number of ether oxygens (including phenoxy) is 1. The molecule has 1 atom stereocenters. The lowest BCUT2D eigenvalue weighted by Gasteiger charge is -2.24. The van der Waals surface area contributed by atoms with Gasteiger partial charge in [0.2, 0.25) is 0 Å². The van der Waals surface area contributed by atoms with E-state index in [1.54, 1.807) is 23.8 Å². The van der Waals surface area contributed by atoms with Gasteiger partial charge in [-0.1, -0.05) is 0 Å². The average molecular weight is 338 g/mol. The highest BCUT2D eigenvalue weighted by Gasteiger charge is 2.22. The lowest BCUT2D eigenvalue weighted by atomic mass is 9.94. The van der Waals surface area contributed by atoms with Crippen LogP contribution in [0.5, 0.6) is 11.5 Å². The number of methoxy groups -OCH3 is 1. The molecule has 2 N–H and O–H groups in total. The number of nitrogens with zero attached hydrogens (tertiary/aromatic N) is 2. The number of rotatable bonds is 2. The second-order valence-corrected chi connectivity index (χ2v) is 6.28. The number of aromatic nitrogens is 2. The molecule has 25 heavy (non-hydrogen) atoms. The van der Waals surface area contributed by atoms with Gasteiger partial charge in [-0.05, 0) is 42.5 Å². The molecule has 6 nitrogen and oxygen atoms in total. The molecule has 0 spiro atoms. The van der Waals surface area contributed by atoms with Crippen LogP contribution in [0.3, 0.4) is 0 Å². The molecule has 6 heteroatoms. The van der Waals surface area contributed by atoms with Crippen LogP contribution < -0.4 is 10.3 Å². The normalized spacial score (nSPS) is 14.0. The number of aromatic hydroxyl groups is 1. The van der Waals surface area contributed by atoms with Gasteiger partial charge in [0, 0.05) is 30.1 Å². The molecule has 0 radical (unpaired) electrons. The monoisotopic (exact) mass is 338 g/mol. The van der Waals surface area contributed by atoms with E-state index >= 15 is 0 Å². The molecule has 0 amide bonds. The summed E-state index contributed by atoms with van der Waals surface area (Å²) in [6, 6.07) is 5.34. The van der Waals surface area contributed by atoms with Crippen molar-refractivity contribution < 1.29 is 14.9 Å². The van der Waals surface area contributed by atoms with E-state index in [9.17, 15) is 15.0 Å². The van der Waals surface area contributed by atoms with Crippen LogP contribution in [0.2, 0.25) is 0 Å². The van der Waals surface area contributed by atoms with Crippen molar-refractivity contribution in [2.45, 2.75) is 26.0 Å². The molecule has 4 rings (SSSR count). The minimum absolute atomic E-state index is 0.0349. The van der Waals surface area contributed by atoms with Gasteiger partial charge in [-0.15, -0.1) is 0 Å². The molecular formula is C19H18N2O4. The Hall–Kier alpha value is -2.86. The molecule has 0 aliphatic carbocycles. The summed E-state index contributed by atoms with van der Waals surface area (Å²) in [5.74, 6) is 0.455. The van der Waals surface area contributed by atoms with Crippen molar-refractivity contribution in [2.24, 2.45) is 0 Å². The maximum Gasteiger partial charge on any atom is 0.260 e. The van der Waals surface area contributed by atoms with Crippen molar-refractivity contribution in [3.05, 3.63) is 52.1 Å². The Kier molecular flexibility index (Phi) is 3.51. The Morgan fingerprint density at radius 3 is 2.76 bits per heavy atom. The topological polar surface area (TPSA) is 84.6 Å². The van der Waals surface area contributed by atoms with E-state index in [0.717, 1.165) is 16.8 Å². The molecule has 3 heterocycles. The highest BCUT2D eigenvalue weighted by atomic mass is 16.5. The molecule has 1 aromatic carbocycles. The molecule has 0 unspecified atom stereocenters. The quantitative estimate of drug-likeness (QED) is 0.749. The summed E-state index contributed by atoms with van der Waals surface area (Å²) in [6.07, 6.45) is 3.07. The lowest BCUT2D eigenvalue weighted by Crippen LogP contribution is -2.26. The molecule has 0 fully saturated rings. The summed E-state index contributed by atoms with van der Waals surface area (Å²) in [7, 11) is 1.51. The second kappa shape index (κ2) is 5.60. The maximum absolute atomic E-state index is 12.9. The number of aliphatic hydroxyl groups is 1. The first-order chi connectivity index (χ1) is 12.0. The molecule has 0 bridgehead atoms. The third-order valence-corrected chi connectivity index (χ3v) is 4.80. The summed E-state index contributed by atoms with van der Waals surface area (Å²) in [5.41, 5.74) is 3.02. The fraction of sp³-hybridized carbons (Fsp3) is 0.263. The van der Waals surface area contributed by atoms with Crippen LogP contribution in [0.25, 0.3) is 22.0 Å². The van der Waals surface area contributed by atoms with Crippen molar-refractivity contribution in [1.29, 1.82) is 0 Å². The highest BCUT2D eigenvalue weighted by Crippen LogP contribution is 2.38. The first-order valence-corrected chi connectivity index (χ1v) is 8.11. The number of phenols is 1. The predicted molar refractivity (Wildman–Crippen MR) is 94.0 cm³/mol. The number of benzene rings is 1. The number of pyridine rings is 2. The van der Waals surface area contributed by atoms with Crippen LogP contribution in [-0.4, -0.2) is 26.9 Å². The molecule has 1 aliphatic heterocycles. The third kappa shape index (κ3) is 2.29. The van der Waals surface area contributed by atoms with Gasteiger partial charge in [0.25, 0.3) is 5.56 Å². The number of phenolic OH excluding ortho intramolecular Hbond substituents is 1. The van der Waals surface area contributed by atoms with Crippen molar-refractivity contribution in [3.8, 4) is 22.8 Å². The third-order valence-electron chi connectivity index (χ3n) is 4.80. The van der Waals surface area contributed by atoms with Crippen molar-refractivity contribution in [2.75, 3.05) is 7.11 Å². The van der Waals surface area contributed by atoms with Crippen LogP contribution in [0.15, 0.2) is 35.4 Å². The van der Waals surface area contributed by atoms with Gasteiger partial charge in [-0.3, -0.25) is 9.78 Å². The Balaban J connectivity index is 2.07. The number of hydrogen-bond acceptors (Lipinski definition) is 5. The first-order valence-electron chi connectivity index (χ1n) is 8.11. The predicted octanol–water partition coefficient (Wildman–Crippen LogP) is 2.39. The lowest BCUT2D eigenvalue weighted by molar-refractivity contribution is 0.200. The summed E-state index contributed by atoms with van der Waals surface area (Å²) in [4.78, 5) is 17.0. The van der Waals surface area contributed by atoms with Crippen LogP contribution in [-0.2, 0) is 13.0 Å². The van der Waals surface area contributed by atoms with E-state index in [0.29, 0.717) is 35.1 Å². The molecule has 2 aromatic heterocycles. The van der Waals surface area contributed by atoms with Gasteiger partial charge < -0.3 is 19.5 Å². The van der Waals surface area contributed by atoms with Gasteiger partial charge in [0.15, 0.2) is 11.5 Å². The molecule has 0 saturated heterocycles. The second-order valence-electron chi connectivity index (χ2n) is 6.28. The summed E-state index contributed by atoms with van der Waals surface area (Å²) in [5, 5.41) is 21.3. The standard InChI is InChI=1S/C19H18N2O4/c1-10(22)14-8-20-9-15-13(14)6-16-12-7-17(23)18(25-2)5-11(12)3-4-21(16)19(15)24/h5-10,22-23H,3-4H2,1-2H3/t10-/m1/s1.